The molecule has 33 heavy (non-hydrogen) atoms. The molecular weight excluding hydrogens is 416 g/mol. The molecule has 0 aliphatic rings. The van der Waals surface area contributed by atoms with Crippen LogP contribution < -0.4 is 10.6 Å². The van der Waals surface area contributed by atoms with E-state index in [0.29, 0.717) is 19.3 Å². The summed E-state index contributed by atoms with van der Waals surface area (Å²) in [5.41, 5.74) is 0.941. The Morgan fingerprint density at radius 3 is 2.18 bits per heavy atom. The van der Waals surface area contributed by atoms with Gasteiger partial charge in [-0.2, -0.15) is 0 Å². The summed E-state index contributed by atoms with van der Waals surface area (Å²) >= 11 is 0. The largest absolute Gasteiger partial charge is 0.467 e. The molecule has 1 aromatic carbocycles. The standard InChI is InChI=1S/C27H42N2O4/c1-5-6-7-8-9-10-11-15-18-25(30)28-23(20-22-16-13-12-14-17-22)26(31)29-24(19-21(2)3)27(32)33-4/h5,12-14,16-17,21,23-24H,1,6-11,15,18-20H2,2-4H3,(H,28,30)(H,29,31)/t23-,24?/m1/s1. The van der Waals surface area contributed by atoms with Crippen molar-refractivity contribution in [3.63, 3.8) is 0 Å². The summed E-state index contributed by atoms with van der Waals surface area (Å²) in [5.74, 6) is -0.787. The molecule has 0 saturated heterocycles. The molecule has 0 aliphatic carbocycles. The molecule has 0 bridgehead atoms. The maximum atomic E-state index is 13.1. The van der Waals surface area contributed by atoms with Gasteiger partial charge in [0, 0.05) is 12.8 Å². The highest BCUT2D eigenvalue weighted by Crippen LogP contribution is 2.11. The third-order valence-corrected chi connectivity index (χ3v) is 5.51. The Kier molecular flexibility index (Phi) is 14.6. The Labute approximate surface area is 199 Å². The van der Waals surface area contributed by atoms with Crippen LogP contribution in [0.4, 0.5) is 0 Å². The molecule has 6 nitrogen and oxygen atoms in total. The van der Waals surface area contributed by atoms with Crippen molar-refractivity contribution >= 4 is 17.8 Å². The molecule has 6 heteroatoms. The second-order valence-corrected chi connectivity index (χ2v) is 8.97. The Balaban J connectivity index is 2.66. The lowest BCUT2D eigenvalue weighted by Crippen LogP contribution is -2.53. The molecule has 1 rings (SSSR count). The first-order valence-electron chi connectivity index (χ1n) is 12.2. The summed E-state index contributed by atoms with van der Waals surface area (Å²) in [6, 6.07) is 8.06. The zero-order valence-corrected chi connectivity index (χ0v) is 20.6. The number of rotatable bonds is 17. The van der Waals surface area contributed by atoms with Crippen LogP contribution in [0, 0.1) is 5.92 Å². The van der Waals surface area contributed by atoms with Crippen molar-refractivity contribution in [2.45, 2.75) is 90.1 Å². The molecule has 0 aliphatic heterocycles. The van der Waals surface area contributed by atoms with Crippen molar-refractivity contribution in [3.8, 4) is 0 Å². The van der Waals surface area contributed by atoms with Gasteiger partial charge in [0.05, 0.1) is 7.11 Å². The van der Waals surface area contributed by atoms with Crippen LogP contribution in [0.5, 0.6) is 0 Å². The SMILES string of the molecule is C=CCCCCCCCCC(=O)N[C@H](Cc1ccccc1)C(=O)NC(CC(C)C)C(=O)OC. The van der Waals surface area contributed by atoms with Crippen LogP contribution in [0.25, 0.3) is 0 Å². The van der Waals surface area contributed by atoms with Crippen LogP contribution in [0.3, 0.4) is 0 Å². The molecule has 0 saturated carbocycles. The zero-order valence-electron chi connectivity index (χ0n) is 20.6. The number of nitrogens with one attached hydrogen (secondary N) is 2. The van der Waals surface area contributed by atoms with E-state index in [0.717, 1.165) is 31.2 Å². The predicted octanol–water partition coefficient (Wildman–Crippen LogP) is 4.72. The number of ether oxygens (including phenoxy) is 1. The molecule has 0 heterocycles. The normalized spacial score (nSPS) is 12.6. The van der Waals surface area contributed by atoms with Gasteiger partial charge in [0.1, 0.15) is 12.1 Å². The number of unbranched alkanes of at least 4 members (excludes halogenated alkanes) is 6. The number of allylic oxidation sites excluding steroid dienone is 1. The van der Waals surface area contributed by atoms with Crippen molar-refractivity contribution in [1.82, 2.24) is 10.6 Å². The minimum atomic E-state index is -0.752. The lowest BCUT2D eigenvalue weighted by atomic mass is 10.0. The summed E-state index contributed by atoms with van der Waals surface area (Å²) in [7, 11) is 1.31. The van der Waals surface area contributed by atoms with E-state index in [1.165, 1.54) is 26.4 Å². The molecule has 0 fully saturated rings. The highest BCUT2D eigenvalue weighted by molar-refractivity contribution is 5.91. The van der Waals surface area contributed by atoms with E-state index >= 15 is 0 Å². The number of hydrogen-bond acceptors (Lipinski definition) is 4. The van der Waals surface area contributed by atoms with Crippen LogP contribution in [0.2, 0.25) is 0 Å². The second-order valence-electron chi connectivity index (χ2n) is 8.97. The highest BCUT2D eigenvalue weighted by Gasteiger charge is 2.28. The Morgan fingerprint density at radius 2 is 1.58 bits per heavy atom. The molecule has 0 radical (unpaired) electrons. The van der Waals surface area contributed by atoms with E-state index in [4.69, 9.17) is 4.74 Å². The van der Waals surface area contributed by atoms with Crippen LogP contribution >= 0.6 is 0 Å². The Bertz CT molecular complexity index is 718. The first-order chi connectivity index (χ1) is 15.9. The van der Waals surface area contributed by atoms with Crippen molar-refractivity contribution in [3.05, 3.63) is 48.6 Å². The quantitative estimate of drug-likeness (QED) is 0.201. The third-order valence-electron chi connectivity index (χ3n) is 5.51. The van der Waals surface area contributed by atoms with Crippen molar-refractivity contribution < 1.29 is 19.1 Å². The zero-order chi connectivity index (χ0) is 24.5. The highest BCUT2D eigenvalue weighted by atomic mass is 16.5. The molecule has 0 spiro atoms. The summed E-state index contributed by atoms with van der Waals surface area (Å²) in [4.78, 5) is 37.8. The van der Waals surface area contributed by atoms with E-state index in [1.807, 2.05) is 50.3 Å². The lowest BCUT2D eigenvalue weighted by Gasteiger charge is -2.23. The van der Waals surface area contributed by atoms with Crippen molar-refractivity contribution in [2.75, 3.05) is 7.11 Å². The van der Waals surface area contributed by atoms with E-state index in [-0.39, 0.29) is 17.7 Å². The number of hydrogen-bond donors (Lipinski definition) is 2. The number of esters is 1. The van der Waals surface area contributed by atoms with Gasteiger partial charge in [0.25, 0.3) is 0 Å². The monoisotopic (exact) mass is 458 g/mol. The first kappa shape index (κ1) is 28.4. The smallest absolute Gasteiger partial charge is 0.328 e. The molecule has 0 aromatic heterocycles. The van der Waals surface area contributed by atoms with Gasteiger partial charge in [0.2, 0.25) is 11.8 Å². The van der Waals surface area contributed by atoms with Crippen molar-refractivity contribution in [1.29, 1.82) is 0 Å². The summed E-state index contributed by atoms with van der Waals surface area (Å²) in [6.07, 6.45) is 10.6. The average molecular weight is 459 g/mol. The molecular formula is C27H42N2O4. The van der Waals surface area contributed by atoms with E-state index < -0.39 is 18.1 Å². The van der Waals surface area contributed by atoms with Crippen LogP contribution in [-0.4, -0.2) is 37.0 Å². The fourth-order valence-electron chi connectivity index (χ4n) is 3.71. The summed E-state index contributed by atoms with van der Waals surface area (Å²) in [6.45, 7) is 7.69. The Hall–Kier alpha value is -2.63. The molecule has 1 aromatic rings. The van der Waals surface area contributed by atoms with Crippen LogP contribution in [0.1, 0.15) is 77.2 Å². The number of amides is 2. The minimum absolute atomic E-state index is 0.142. The van der Waals surface area contributed by atoms with Gasteiger partial charge >= 0.3 is 5.97 Å². The molecule has 2 atom stereocenters. The predicted molar refractivity (Wildman–Crippen MR) is 133 cm³/mol. The van der Waals surface area contributed by atoms with Gasteiger partial charge in [-0.15, -0.1) is 6.58 Å². The van der Waals surface area contributed by atoms with E-state index in [1.54, 1.807) is 0 Å². The summed E-state index contributed by atoms with van der Waals surface area (Å²) < 4.78 is 4.85. The summed E-state index contributed by atoms with van der Waals surface area (Å²) in [5, 5.41) is 5.68. The topological polar surface area (TPSA) is 84.5 Å². The minimum Gasteiger partial charge on any atom is -0.467 e. The van der Waals surface area contributed by atoms with Gasteiger partial charge in [-0.05, 0) is 37.2 Å². The number of methoxy groups -OCH3 is 1. The van der Waals surface area contributed by atoms with Gasteiger partial charge in [-0.1, -0.05) is 75.9 Å². The van der Waals surface area contributed by atoms with E-state index in [9.17, 15) is 14.4 Å². The van der Waals surface area contributed by atoms with Gasteiger partial charge < -0.3 is 15.4 Å². The van der Waals surface area contributed by atoms with Gasteiger partial charge in [-0.25, -0.2) is 4.79 Å². The second kappa shape index (κ2) is 16.9. The number of carbonyl (C=O) groups excluding carboxylic acids is 3. The maximum absolute atomic E-state index is 13.1. The number of benzene rings is 1. The molecule has 1 unspecified atom stereocenters. The van der Waals surface area contributed by atoms with Crippen molar-refractivity contribution in [2.24, 2.45) is 5.92 Å². The maximum Gasteiger partial charge on any atom is 0.328 e. The van der Waals surface area contributed by atoms with Crippen LogP contribution in [0.15, 0.2) is 43.0 Å². The van der Waals surface area contributed by atoms with E-state index in [2.05, 4.69) is 17.2 Å². The first-order valence-corrected chi connectivity index (χ1v) is 12.2. The molecule has 2 amide bonds. The van der Waals surface area contributed by atoms with Crippen LogP contribution in [-0.2, 0) is 25.5 Å². The lowest BCUT2D eigenvalue weighted by molar-refractivity contribution is -0.145. The number of carbonyl (C=O) groups is 3. The third kappa shape index (κ3) is 12.9. The fraction of sp³-hybridized carbons (Fsp3) is 0.593. The van der Waals surface area contributed by atoms with Gasteiger partial charge in [-0.3, -0.25) is 9.59 Å². The molecule has 2 N–H and O–H groups in total. The Morgan fingerprint density at radius 1 is 0.939 bits per heavy atom. The fourth-order valence-corrected chi connectivity index (χ4v) is 3.71. The van der Waals surface area contributed by atoms with Gasteiger partial charge in [0.15, 0.2) is 0 Å². The molecule has 184 valence electrons. The average Bonchev–Trinajstić information content (AvgIpc) is 2.79.